The Morgan fingerprint density at radius 3 is 2.34 bits per heavy atom. The highest BCUT2D eigenvalue weighted by atomic mass is 32.2. The Labute approximate surface area is 197 Å². The standard InChI is InChI=1S/C25H31NO4S2/c1-17-8-10-19(11-9-17)24(27)26(20-12-14-32(29)15-13-20)21-16-22(18-6-4-3-5-7-18)31-23(21)25(28)30-2/h3-7,16-17,19-20H,8-15H2,1-2H3/t17-,19-,20?,32?. The normalized spacial score (nSPS) is 25.8. The minimum absolute atomic E-state index is 0.0239. The van der Waals surface area contributed by atoms with Crippen LogP contribution in [0, 0.1) is 11.8 Å². The van der Waals surface area contributed by atoms with E-state index >= 15 is 0 Å². The third kappa shape index (κ3) is 5.05. The van der Waals surface area contributed by atoms with Gasteiger partial charge in [0.25, 0.3) is 0 Å². The molecule has 172 valence electrons. The van der Waals surface area contributed by atoms with Gasteiger partial charge in [-0.05, 0) is 43.2 Å². The Bertz CT molecular complexity index is 929. The van der Waals surface area contributed by atoms with E-state index in [4.69, 9.17) is 4.74 Å². The van der Waals surface area contributed by atoms with E-state index < -0.39 is 17.1 Å². The van der Waals surface area contributed by atoms with Gasteiger partial charge in [-0.2, -0.15) is 0 Å². The lowest BCUT2D eigenvalue weighted by Crippen LogP contribution is -2.48. The number of anilines is 1. The predicted molar refractivity (Wildman–Crippen MR) is 131 cm³/mol. The molecule has 0 radical (unpaired) electrons. The highest BCUT2D eigenvalue weighted by molar-refractivity contribution is 7.91. The molecule has 4 rings (SSSR count). The molecule has 1 saturated carbocycles. The van der Waals surface area contributed by atoms with E-state index in [-0.39, 0.29) is 17.9 Å². The van der Waals surface area contributed by atoms with Crippen molar-refractivity contribution in [1.29, 1.82) is 0 Å². The second kappa shape index (κ2) is 10.4. The van der Waals surface area contributed by atoms with Crippen molar-refractivity contribution in [3.63, 3.8) is 0 Å². The zero-order valence-corrected chi connectivity index (χ0v) is 20.4. The number of esters is 1. The summed E-state index contributed by atoms with van der Waals surface area (Å²) in [6.45, 7) is 2.25. The molecule has 0 unspecified atom stereocenters. The van der Waals surface area contributed by atoms with Gasteiger partial charge >= 0.3 is 5.97 Å². The molecule has 5 nitrogen and oxygen atoms in total. The zero-order valence-electron chi connectivity index (χ0n) is 18.7. The molecule has 2 aromatic rings. The van der Waals surface area contributed by atoms with Crippen molar-refractivity contribution in [3.8, 4) is 10.4 Å². The van der Waals surface area contributed by atoms with Crippen LogP contribution in [-0.2, 0) is 20.7 Å². The summed E-state index contributed by atoms with van der Waals surface area (Å²) in [6.07, 6.45) is 5.28. The molecule has 2 heterocycles. The van der Waals surface area contributed by atoms with Crippen LogP contribution in [0.15, 0.2) is 36.4 Å². The first kappa shape index (κ1) is 23.3. The summed E-state index contributed by atoms with van der Waals surface area (Å²) < 4.78 is 17.1. The van der Waals surface area contributed by atoms with E-state index in [1.807, 2.05) is 41.3 Å². The molecule has 1 aromatic heterocycles. The van der Waals surface area contributed by atoms with E-state index in [9.17, 15) is 14.1 Å². The molecule has 1 amide bonds. The molecule has 1 aliphatic carbocycles. The van der Waals surface area contributed by atoms with Gasteiger partial charge in [-0.1, -0.05) is 48.4 Å². The largest absolute Gasteiger partial charge is 0.616 e. The van der Waals surface area contributed by atoms with E-state index in [0.717, 1.165) is 36.1 Å². The smallest absolute Gasteiger partial charge is 0.350 e. The topological polar surface area (TPSA) is 69.7 Å². The molecule has 0 atom stereocenters. The third-order valence-corrected chi connectivity index (χ3v) is 9.26. The first-order chi connectivity index (χ1) is 15.5. The molecule has 7 heteroatoms. The molecule has 1 saturated heterocycles. The van der Waals surface area contributed by atoms with Crippen molar-refractivity contribution in [1.82, 2.24) is 0 Å². The Morgan fingerprint density at radius 1 is 1.06 bits per heavy atom. The predicted octanol–water partition coefficient (Wildman–Crippen LogP) is 5.27. The molecular weight excluding hydrogens is 442 g/mol. The molecule has 0 bridgehead atoms. The number of ether oxygens (including phenoxy) is 1. The van der Waals surface area contributed by atoms with Crippen molar-refractivity contribution >= 4 is 40.1 Å². The monoisotopic (exact) mass is 473 g/mol. The fourth-order valence-electron chi connectivity index (χ4n) is 4.78. The van der Waals surface area contributed by atoms with Gasteiger partial charge in [0.1, 0.15) is 16.4 Å². The quantitative estimate of drug-likeness (QED) is 0.438. The fourth-order valence-corrected chi connectivity index (χ4v) is 7.13. The summed E-state index contributed by atoms with van der Waals surface area (Å²) in [4.78, 5) is 29.9. The van der Waals surface area contributed by atoms with E-state index in [2.05, 4.69) is 6.92 Å². The first-order valence-electron chi connectivity index (χ1n) is 11.4. The highest BCUT2D eigenvalue weighted by Crippen LogP contribution is 2.41. The third-order valence-electron chi connectivity index (χ3n) is 6.73. The molecule has 2 fully saturated rings. The van der Waals surface area contributed by atoms with Gasteiger partial charge in [0.15, 0.2) is 0 Å². The summed E-state index contributed by atoms with van der Waals surface area (Å²) in [5.41, 5.74) is 1.67. The molecule has 0 N–H and O–H groups in total. The van der Waals surface area contributed by atoms with E-state index in [1.54, 1.807) is 0 Å². The number of carbonyl (C=O) groups is 2. The van der Waals surface area contributed by atoms with Crippen LogP contribution < -0.4 is 4.90 Å². The van der Waals surface area contributed by atoms with Gasteiger partial charge < -0.3 is 14.2 Å². The Kier molecular flexibility index (Phi) is 7.59. The number of benzene rings is 1. The number of carbonyl (C=O) groups excluding carboxylic acids is 2. The van der Waals surface area contributed by atoms with Crippen molar-refractivity contribution in [2.45, 2.75) is 51.5 Å². The van der Waals surface area contributed by atoms with Crippen molar-refractivity contribution < 1.29 is 18.9 Å². The molecule has 1 aliphatic heterocycles. The van der Waals surface area contributed by atoms with E-state index in [1.165, 1.54) is 18.4 Å². The first-order valence-corrected chi connectivity index (χ1v) is 13.7. The number of hydrogen-bond acceptors (Lipinski definition) is 5. The van der Waals surface area contributed by atoms with Gasteiger partial charge in [-0.25, -0.2) is 4.79 Å². The minimum Gasteiger partial charge on any atom is -0.616 e. The summed E-state index contributed by atoms with van der Waals surface area (Å²) in [6, 6.07) is 11.8. The van der Waals surface area contributed by atoms with Crippen LogP contribution in [0.4, 0.5) is 5.69 Å². The number of methoxy groups -OCH3 is 1. The van der Waals surface area contributed by atoms with Crippen LogP contribution in [0.5, 0.6) is 0 Å². The summed E-state index contributed by atoms with van der Waals surface area (Å²) in [5, 5.41) is 0. The van der Waals surface area contributed by atoms with Gasteiger partial charge in [-0.3, -0.25) is 4.79 Å². The molecule has 1 aromatic carbocycles. The highest BCUT2D eigenvalue weighted by Gasteiger charge is 2.38. The van der Waals surface area contributed by atoms with E-state index in [0.29, 0.717) is 40.8 Å². The van der Waals surface area contributed by atoms with Gasteiger partial charge in [0, 0.05) is 29.7 Å². The average molecular weight is 474 g/mol. The Hall–Kier alpha value is -1.83. The van der Waals surface area contributed by atoms with Crippen LogP contribution in [0.25, 0.3) is 10.4 Å². The molecule has 0 spiro atoms. The van der Waals surface area contributed by atoms with Gasteiger partial charge in [-0.15, -0.1) is 11.3 Å². The summed E-state index contributed by atoms with van der Waals surface area (Å²) >= 11 is 0.550. The zero-order chi connectivity index (χ0) is 22.7. The van der Waals surface area contributed by atoms with Gasteiger partial charge in [0.2, 0.25) is 5.91 Å². The lowest BCUT2D eigenvalue weighted by Gasteiger charge is -2.38. The Balaban J connectivity index is 1.74. The summed E-state index contributed by atoms with van der Waals surface area (Å²) in [7, 11) is 1.38. The second-order valence-corrected chi connectivity index (χ2v) is 11.7. The number of nitrogens with zero attached hydrogens (tertiary/aromatic N) is 1. The maximum absolute atomic E-state index is 13.9. The molecule has 2 aliphatic rings. The molecular formula is C25H31NO4S2. The average Bonchev–Trinajstić information content (AvgIpc) is 3.26. The maximum Gasteiger partial charge on any atom is 0.350 e. The van der Waals surface area contributed by atoms with Gasteiger partial charge in [0.05, 0.1) is 12.8 Å². The SMILES string of the molecule is COC(=O)c1sc(-c2ccccc2)cc1N(C(=O)[C@H]1CC[C@H](C)CC1)C1CC[S+]([O-])CC1. The number of amides is 1. The molecule has 32 heavy (non-hydrogen) atoms. The summed E-state index contributed by atoms with van der Waals surface area (Å²) in [5.74, 6) is 1.52. The number of rotatable bonds is 5. The lowest BCUT2D eigenvalue weighted by atomic mass is 9.82. The lowest BCUT2D eigenvalue weighted by molar-refractivity contribution is -0.124. The van der Waals surface area contributed by atoms with Crippen LogP contribution >= 0.6 is 11.3 Å². The minimum atomic E-state index is -0.824. The number of thiophene rings is 1. The van der Waals surface area contributed by atoms with Crippen molar-refractivity contribution in [2.24, 2.45) is 11.8 Å². The van der Waals surface area contributed by atoms with Crippen LogP contribution in [-0.4, -0.2) is 41.1 Å². The van der Waals surface area contributed by atoms with Crippen molar-refractivity contribution in [2.75, 3.05) is 23.5 Å². The van der Waals surface area contributed by atoms with Crippen LogP contribution in [0.3, 0.4) is 0 Å². The van der Waals surface area contributed by atoms with Crippen LogP contribution in [0.1, 0.15) is 55.1 Å². The maximum atomic E-state index is 13.9. The second-order valence-electron chi connectivity index (χ2n) is 8.93. The van der Waals surface area contributed by atoms with Crippen LogP contribution in [0.2, 0.25) is 0 Å². The number of hydrogen-bond donors (Lipinski definition) is 0. The van der Waals surface area contributed by atoms with Crippen molar-refractivity contribution in [3.05, 3.63) is 41.3 Å². The fraction of sp³-hybridized carbons (Fsp3) is 0.520. The Morgan fingerprint density at radius 2 is 1.72 bits per heavy atom.